The monoisotopic (exact) mass is 295 g/mol. The Labute approximate surface area is 126 Å². The molecule has 1 rings (SSSR count). The van der Waals surface area contributed by atoms with Gasteiger partial charge in [0, 0.05) is 11.8 Å². The molecule has 0 amide bonds. The number of benzene rings is 1. The maximum Gasteiger partial charge on any atom is 0.315 e. The van der Waals surface area contributed by atoms with E-state index in [-0.39, 0.29) is 12.0 Å². The normalized spacial score (nSPS) is 12.2. The lowest BCUT2D eigenvalue weighted by Gasteiger charge is -2.21. The van der Waals surface area contributed by atoms with Crippen molar-refractivity contribution in [3.8, 4) is 0 Å². The zero-order chi connectivity index (χ0) is 15.0. The van der Waals surface area contributed by atoms with Gasteiger partial charge in [0.1, 0.15) is 0 Å². The Morgan fingerprint density at radius 1 is 1.40 bits per heavy atom. The van der Waals surface area contributed by atoms with E-state index in [1.54, 1.807) is 11.8 Å². The van der Waals surface area contributed by atoms with Crippen molar-refractivity contribution in [2.45, 2.75) is 33.2 Å². The second-order valence-corrected chi connectivity index (χ2v) is 5.99. The number of esters is 1. The third-order valence-corrected chi connectivity index (χ3v) is 4.18. The Bertz CT molecular complexity index is 434. The Balaban J connectivity index is 2.69. The van der Waals surface area contributed by atoms with Gasteiger partial charge in [-0.25, -0.2) is 0 Å². The molecule has 0 spiro atoms. The summed E-state index contributed by atoms with van der Waals surface area (Å²) in [4.78, 5) is 11.2. The predicted molar refractivity (Wildman–Crippen MR) is 86.3 cm³/mol. The molecular formula is C16H25NO2S. The number of methoxy groups -OCH3 is 1. The van der Waals surface area contributed by atoms with E-state index in [1.807, 2.05) is 0 Å². The molecule has 3 nitrogen and oxygen atoms in total. The quantitative estimate of drug-likeness (QED) is 0.747. The lowest BCUT2D eigenvalue weighted by molar-refractivity contribution is -0.137. The largest absolute Gasteiger partial charge is 0.468 e. The first-order valence-corrected chi connectivity index (χ1v) is 8.19. The maximum absolute atomic E-state index is 11.2. The van der Waals surface area contributed by atoms with Gasteiger partial charge >= 0.3 is 5.97 Å². The topological polar surface area (TPSA) is 38.3 Å². The van der Waals surface area contributed by atoms with Crippen LogP contribution in [0.1, 0.15) is 36.1 Å². The van der Waals surface area contributed by atoms with Crippen molar-refractivity contribution in [3.63, 3.8) is 0 Å². The second kappa shape index (κ2) is 9.03. The van der Waals surface area contributed by atoms with E-state index in [9.17, 15) is 4.79 Å². The van der Waals surface area contributed by atoms with Crippen molar-refractivity contribution < 1.29 is 9.53 Å². The van der Waals surface area contributed by atoms with Gasteiger partial charge in [-0.1, -0.05) is 30.7 Å². The second-order valence-electron chi connectivity index (χ2n) is 4.96. The van der Waals surface area contributed by atoms with Crippen LogP contribution in [0, 0.1) is 13.8 Å². The van der Waals surface area contributed by atoms with E-state index < -0.39 is 0 Å². The average Bonchev–Trinajstić information content (AvgIpc) is 2.43. The highest BCUT2D eigenvalue weighted by molar-refractivity contribution is 7.99. The number of thioether (sulfide) groups is 1. The molecule has 1 N–H and O–H groups in total. The third-order valence-electron chi connectivity index (χ3n) is 3.17. The molecule has 1 atom stereocenters. The van der Waals surface area contributed by atoms with Crippen molar-refractivity contribution in [2.75, 3.05) is 25.2 Å². The number of nitrogens with one attached hydrogen (secondary N) is 1. The Morgan fingerprint density at radius 3 is 2.75 bits per heavy atom. The molecule has 20 heavy (non-hydrogen) atoms. The number of hydrogen-bond acceptors (Lipinski definition) is 4. The molecule has 1 aromatic rings. The van der Waals surface area contributed by atoms with Crippen molar-refractivity contribution in [3.05, 3.63) is 34.9 Å². The summed E-state index contributed by atoms with van der Waals surface area (Å²) in [6.45, 7) is 7.40. The van der Waals surface area contributed by atoms with Gasteiger partial charge in [0.2, 0.25) is 0 Å². The van der Waals surface area contributed by atoms with Crippen LogP contribution in [0.2, 0.25) is 0 Å². The highest BCUT2D eigenvalue weighted by Gasteiger charge is 2.14. The van der Waals surface area contributed by atoms with Crippen LogP contribution >= 0.6 is 11.8 Å². The first kappa shape index (κ1) is 17.1. The van der Waals surface area contributed by atoms with Crippen molar-refractivity contribution in [1.82, 2.24) is 5.32 Å². The summed E-state index contributed by atoms with van der Waals surface area (Å²) in [5.41, 5.74) is 3.90. The molecule has 0 saturated heterocycles. The zero-order valence-corrected chi connectivity index (χ0v) is 13.7. The number of carbonyl (C=O) groups excluding carboxylic acids is 1. The molecule has 0 aromatic heterocycles. The summed E-state index contributed by atoms with van der Waals surface area (Å²) in [6, 6.07) is 6.83. The first-order chi connectivity index (χ1) is 9.58. The molecule has 0 bridgehead atoms. The van der Waals surface area contributed by atoms with Crippen molar-refractivity contribution in [1.29, 1.82) is 0 Å². The average molecular weight is 295 g/mol. The van der Waals surface area contributed by atoms with Crippen molar-refractivity contribution in [2.24, 2.45) is 0 Å². The molecule has 0 aliphatic heterocycles. The Kier molecular flexibility index (Phi) is 7.70. The highest BCUT2D eigenvalue weighted by Crippen LogP contribution is 2.23. The standard InChI is InChI=1S/C16H25NO2S/c1-5-8-17-15(10-20-11-16(18)19-4)14-7-6-12(2)9-13(14)3/h6-7,9,15,17H,5,8,10-11H2,1-4H3. The predicted octanol–water partition coefficient (Wildman–Crippen LogP) is 3.25. The number of hydrogen-bond donors (Lipinski definition) is 1. The minimum atomic E-state index is -0.162. The molecule has 1 aromatic carbocycles. The van der Waals surface area contributed by atoms with Crippen LogP contribution in [0.5, 0.6) is 0 Å². The van der Waals surface area contributed by atoms with Gasteiger partial charge in [0.05, 0.1) is 12.9 Å². The summed E-state index contributed by atoms with van der Waals surface area (Å²) in [6.07, 6.45) is 1.10. The molecule has 0 aliphatic carbocycles. The van der Waals surface area contributed by atoms with Gasteiger partial charge in [-0.3, -0.25) is 4.79 Å². The minimum Gasteiger partial charge on any atom is -0.468 e. The van der Waals surface area contributed by atoms with E-state index in [1.165, 1.54) is 23.8 Å². The van der Waals surface area contributed by atoms with Gasteiger partial charge in [-0.15, -0.1) is 11.8 Å². The maximum atomic E-state index is 11.2. The third kappa shape index (κ3) is 5.55. The van der Waals surface area contributed by atoms with Crippen molar-refractivity contribution >= 4 is 17.7 Å². The van der Waals surface area contributed by atoms with E-state index >= 15 is 0 Å². The summed E-state index contributed by atoms with van der Waals surface area (Å²) >= 11 is 1.62. The van der Waals surface area contributed by atoms with Gasteiger partial charge < -0.3 is 10.1 Å². The smallest absolute Gasteiger partial charge is 0.315 e. The fourth-order valence-electron chi connectivity index (χ4n) is 2.11. The van der Waals surface area contributed by atoms with Gasteiger partial charge in [0.15, 0.2) is 0 Å². The number of carbonyl (C=O) groups is 1. The molecule has 4 heteroatoms. The van der Waals surface area contributed by atoms with Crippen LogP contribution < -0.4 is 5.32 Å². The lowest BCUT2D eigenvalue weighted by atomic mass is 10.00. The SMILES string of the molecule is CCCNC(CSCC(=O)OC)c1ccc(C)cc1C. The molecule has 0 fully saturated rings. The van der Waals surface area contributed by atoms with Crippen LogP contribution in [-0.4, -0.2) is 31.1 Å². The summed E-state index contributed by atoms with van der Waals surface area (Å²) in [7, 11) is 1.43. The van der Waals surface area contributed by atoms with Gasteiger partial charge in [-0.2, -0.15) is 0 Å². The number of rotatable bonds is 8. The van der Waals surface area contributed by atoms with E-state index in [2.05, 4.69) is 49.0 Å². The molecule has 112 valence electrons. The zero-order valence-electron chi connectivity index (χ0n) is 12.9. The van der Waals surface area contributed by atoms with Crippen LogP contribution in [0.3, 0.4) is 0 Å². The summed E-state index contributed by atoms with van der Waals surface area (Å²) in [5.74, 6) is 1.12. The first-order valence-electron chi connectivity index (χ1n) is 7.03. The van der Waals surface area contributed by atoms with E-state index in [0.717, 1.165) is 18.7 Å². The van der Waals surface area contributed by atoms with E-state index in [0.29, 0.717) is 5.75 Å². The Morgan fingerprint density at radius 2 is 2.15 bits per heavy atom. The van der Waals surface area contributed by atoms with Crippen LogP contribution in [-0.2, 0) is 9.53 Å². The fraction of sp³-hybridized carbons (Fsp3) is 0.562. The van der Waals surface area contributed by atoms with Crippen LogP contribution in [0.4, 0.5) is 0 Å². The molecule has 0 radical (unpaired) electrons. The van der Waals surface area contributed by atoms with Crippen LogP contribution in [0.25, 0.3) is 0 Å². The summed E-state index contributed by atoms with van der Waals surface area (Å²) in [5, 5.41) is 3.56. The number of ether oxygens (including phenoxy) is 1. The highest BCUT2D eigenvalue weighted by atomic mass is 32.2. The minimum absolute atomic E-state index is 0.162. The molecular weight excluding hydrogens is 270 g/mol. The van der Waals surface area contributed by atoms with E-state index in [4.69, 9.17) is 0 Å². The lowest BCUT2D eigenvalue weighted by Crippen LogP contribution is -2.25. The molecule has 0 aliphatic rings. The van der Waals surface area contributed by atoms with Gasteiger partial charge in [0.25, 0.3) is 0 Å². The summed E-state index contributed by atoms with van der Waals surface area (Å²) < 4.78 is 4.68. The molecule has 1 unspecified atom stereocenters. The Hall–Kier alpha value is -1.00. The fourth-order valence-corrected chi connectivity index (χ4v) is 3.05. The molecule has 0 heterocycles. The van der Waals surface area contributed by atoms with Crippen LogP contribution in [0.15, 0.2) is 18.2 Å². The van der Waals surface area contributed by atoms with Gasteiger partial charge in [-0.05, 0) is 37.9 Å². The molecule has 0 saturated carbocycles. The number of aryl methyl sites for hydroxylation is 2.